The Hall–Kier alpha value is -1.40. The molecule has 0 spiro atoms. The molecule has 0 aliphatic carbocycles. The number of aromatic nitrogens is 2. The third kappa shape index (κ3) is 3.82. The molecule has 0 saturated heterocycles. The number of hydrogen-bond acceptors (Lipinski definition) is 5. The first-order chi connectivity index (χ1) is 8.62. The standard InChI is InChI=1S/C12H22N4O2/c1-4-15(5-2)10-6-12(18)16(14-7-10)9-11(17)8-13-3/h6-7,11,13,17H,4-5,8-9H2,1-3H3. The van der Waals surface area contributed by atoms with E-state index in [0.717, 1.165) is 18.8 Å². The van der Waals surface area contributed by atoms with Crippen molar-refractivity contribution >= 4 is 5.69 Å². The van der Waals surface area contributed by atoms with E-state index in [1.54, 1.807) is 19.3 Å². The summed E-state index contributed by atoms with van der Waals surface area (Å²) in [6.07, 6.45) is 1.06. The minimum Gasteiger partial charge on any atom is -0.390 e. The van der Waals surface area contributed by atoms with Crippen LogP contribution in [0.5, 0.6) is 0 Å². The van der Waals surface area contributed by atoms with Gasteiger partial charge in [-0.25, -0.2) is 4.68 Å². The fourth-order valence-electron chi connectivity index (χ4n) is 1.82. The molecule has 0 bridgehead atoms. The van der Waals surface area contributed by atoms with Crippen molar-refractivity contribution in [3.63, 3.8) is 0 Å². The van der Waals surface area contributed by atoms with Gasteiger partial charge in [0.15, 0.2) is 0 Å². The smallest absolute Gasteiger partial charge is 0.268 e. The van der Waals surface area contributed by atoms with Crippen molar-refractivity contribution in [1.82, 2.24) is 15.1 Å². The molecule has 1 rings (SSSR count). The van der Waals surface area contributed by atoms with Crippen molar-refractivity contribution in [2.24, 2.45) is 0 Å². The average molecular weight is 254 g/mol. The van der Waals surface area contributed by atoms with Crippen molar-refractivity contribution in [3.8, 4) is 0 Å². The van der Waals surface area contributed by atoms with Gasteiger partial charge in [-0.2, -0.15) is 5.10 Å². The normalized spacial score (nSPS) is 12.4. The van der Waals surface area contributed by atoms with Crippen LogP contribution in [-0.2, 0) is 6.54 Å². The molecule has 6 heteroatoms. The van der Waals surface area contributed by atoms with Crippen molar-refractivity contribution in [2.75, 3.05) is 31.6 Å². The Balaban J connectivity index is 2.83. The van der Waals surface area contributed by atoms with Crippen molar-refractivity contribution in [1.29, 1.82) is 0 Å². The second-order valence-electron chi connectivity index (χ2n) is 4.12. The minimum atomic E-state index is -0.612. The van der Waals surface area contributed by atoms with Crippen LogP contribution < -0.4 is 15.8 Å². The Morgan fingerprint density at radius 3 is 2.67 bits per heavy atom. The van der Waals surface area contributed by atoms with Crippen LogP contribution in [0.2, 0.25) is 0 Å². The molecular weight excluding hydrogens is 232 g/mol. The maximum absolute atomic E-state index is 11.9. The number of aliphatic hydroxyl groups excluding tert-OH is 1. The molecule has 0 aromatic carbocycles. The molecule has 18 heavy (non-hydrogen) atoms. The summed E-state index contributed by atoms with van der Waals surface area (Å²) in [7, 11) is 1.75. The lowest BCUT2D eigenvalue weighted by Gasteiger charge is -2.20. The summed E-state index contributed by atoms with van der Waals surface area (Å²) in [6.45, 7) is 6.38. The van der Waals surface area contributed by atoms with Gasteiger partial charge >= 0.3 is 0 Å². The topological polar surface area (TPSA) is 70.4 Å². The van der Waals surface area contributed by atoms with E-state index in [4.69, 9.17) is 0 Å². The first-order valence-electron chi connectivity index (χ1n) is 6.27. The maximum Gasteiger partial charge on any atom is 0.268 e. The Morgan fingerprint density at radius 2 is 2.17 bits per heavy atom. The van der Waals surface area contributed by atoms with Crippen LogP contribution in [0.15, 0.2) is 17.1 Å². The summed E-state index contributed by atoms with van der Waals surface area (Å²) in [5, 5.41) is 16.6. The summed E-state index contributed by atoms with van der Waals surface area (Å²) in [5.41, 5.74) is 0.638. The predicted molar refractivity (Wildman–Crippen MR) is 72.0 cm³/mol. The van der Waals surface area contributed by atoms with Crippen LogP contribution in [0.1, 0.15) is 13.8 Å². The van der Waals surface area contributed by atoms with Crippen LogP contribution in [0.3, 0.4) is 0 Å². The lowest BCUT2D eigenvalue weighted by molar-refractivity contribution is 0.147. The van der Waals surface area contributed by atoms with Crippen LogP contribution in [0.25, 0.3) is 0 Å². The highest BCUT2D eigenvalue weighted by Crippen LogP contribution is 2.08. The molecule has 0 saturated carbocycles. The summed E-state index contributed by atoms with van der Waals surface area (Å²) in [5.74, 6) is 0. The number of hydrogen-bond donors (Lipinski definition) is 2. The zero-order chi connectivity index (χ0) is 13.5. The summed E-state index contributed by atoms with van der Waals surface area (Å²) in [6, 6.07) is 1.56. The predicted octanol–water partition coefficient (Wildman–Crippen LogP) is -0.330. The van der Waals surface area contributed by atoms with Crippen molar-refractivity contribution < 1.29 is 5.11 Å². The largest absolute Gasteiger partial charge is 0.390 e. The fraction of sp³-hybridized carbons (Fsp3) is 0.667. The van der Waals surface area contributed by atoms with Gasteiger partial charge in [-0.15, -0.1) is 0 Å². The maximum atomic E-state index is 11.9. The van der Waals surface area contributed by atoms with Crippen LogP contribution in [0, 0.1) is 0 Å². The molecule has 6 nitrogen and oxygen atoms in total. The number of rotatable bonds is 7. The monoisotopic (exact) mass is 254 g/mol. The Bertz CT molecular complexity index is 415. The number of nitrogens with zero attached hydrogens (tertiary/aromatic N) is 3. The number of likely N-dealkylation sites (N-methyl/N-ethyl adjacent to an activating group) is 1. The number of nitrogens with one attached hydrogen (secondary N) is 1. The molecule has 0 radical (unpaired) electrons. The van der Waals surface area contributed by atoms with Gasteiger partial charge in [0.05, 0.1) is 24.5 Å². The van der Waals surface area contributed by atoms with Gasteiger partial charge in [0.1, 0.15) is 0 Å². The average Bonchev–Trinajstić information content (AvgIpc) is 2.34. The van der Waals surface area contributed by atoms with E-state index in [1.165, 1.54) is 4.68 Å². The molecule has 1 unspecified atom stereocenters. The third-order valence-electron chi connectivity index (χ3n) is 2.81. The van der Waals surface area contributed by atoms with E-state index in [-0.39, 0.29) is 12.1 Å². The molecule has 2 N–H and O–H groups in total. The lowest BCUT2D eigenvalue weighted by atomic mass is 10.3. The highest BCUT2D eigenvalue weighted by Gasteiger charge is 2.08. The van der Waals surface area contributed by atoms with Gasteiger partial charge in [0.25, 0.3) is 5.56 Å². The highest BCUT2D eigenvalue weighted by atomic mass is 16.3. The molecule has 1 heterocycles. The zero-order valence-electron chi connectivity index (χ0n) is 11.3. The molecule has 1 atom stereocenters. The Morgan fingerprint density at radius 1 is 1.50 bits per heavy atom. The molecule has 0 fully saturated rings. The van der Waals surface area contributed by atoms with Crippen LogP contribution >= 0.6 is 0 Å². The van der Waals surface area contributed by atoms with Gasteiger partial charge in [-0.3, -0.25) is 4.79 Å². The van der Waals surface area contributed by atoms with Gasteiger partial charge in [-0.1, -0.05) is 0 Å². The van der Waals surface area contributed by atoms with E-state index in [0.29, 0.717) is 6.54 Å². The molecule has 102 valence electrons. The molecule has 1 aromatic heterocycles. The lowest BCUT2D eigenvalue weighted by Crippen LogP contribution is -2.34. The van der Waals surface area contributed by atoms with E-state index in [1.807, 2.05) is 13.8 Å². The third-order valence-corrected chi connectivity index (χ3v) is 2.81. The van der Waals surface area contributed by atoms with E-state index in [9.17, 15) is 9.90 Å². The molecular formula is C12H22N4O2. The number of aliphatic hydroxyl groups is 1. The zero-order valence-corrected chi connectivity index (χ0v) is 11.3. The SMILES string of the molecule is CCN(CC)c1cnn(CC(O)CNC)c(=O)c1. The molecule has 0 amide bonds. The van der Waals surface area contributed by atoms with E-state index in [2.05, 4.69) is 15.3 Å². The molecule has 0 aliphatic rings. The second-order valence-corrected chi connectivity index (χ2v) is 4.12. The van der Waals surface area contributed by atoms with Crippen molar-refractivity contribution in [3.05, 3.63) is 22.6 Å². The van der Waals surface area contributed by atoms with E-state index >= 15 is 0 Å². The molecule has 0 aliphatic heterocycles. The van der Waals surface area contributed by atoms with Gasteiger partial charge in [0.2, 0.25) is 0 Å². The summed E-state index contributed by atoms with van der Waals surface area (Å²) < 4.78 is 1.29. The quantitative estimate of drug-likeness (QED) is 0.697. The highest BCUT2D eigenvalue weighted by molar-refractivity contribution is 5.42. The Kier molecular flexibility index (Phi) is 5.80. The van der Waals surface area contributed by atoms with Crippen LogP contribution in [-0.4, -0.2) is 47.7 Å². The molecule has 1 aromatic rings. The minimum absolute atomic E-state index is 0.186. The Labute approximate surface area is 107 Å². The fourth-order valence-corrected chi connectivity index (χ4v) is 1.82. The van der Waals surface area contributed by atoms with Gasteiger partial charge in [0, 0.05) is 25.7 Å². The second kappa shape index (κ2) is 7.13. The van der Waals surface area contributed by atoms with Gasteiger partial charge in [-0.05, 0) is 20.9 Å². The van der Waals surface area contributed by atoms with E-state index < -0.39 is 6.10 Å². The number of anilines is 1. The van der Waals surface area contributed by atoms with Crippen LogP contribution in [0.4, 0.5) is 5.69 Å². The first-order valence-corrected chi connectivity index (χ1v) is 6.27. The van der Waals surface area contributed by atoms with Crippen molar-refractivity contribution in [2.45, 2.75) is 26.5 Å². The summed E-state index contributed by atoms with van der Waals surface area (Å²) >= 11 is 0. The first kappa shape index (κ1) is 14.7. The van der Waals surface area contributed by atoms with Gasteiger partial charge < -0.3 is 15.3 Å². The summed E-state index contributed by atoms with van der Waals surface area (Å²) in [4.78, 5) is 13.9.